The molecule has 3 aromatic rings. The van der Waals surface area contributed by atoms with Crippen molar-refractivity contribution in [2.24, 2.45) is 0 Å². The molecule has 0 saturated carbocycles. The number of aromatic nitrogens is 1. The van der Waals surface area contributed by atoms with Crippen molar-refractivity contribution in [1.82, 2.24) is 14.8 Å². The van der Waals surface area contributed by atoms with Gasteiger partial charge in [-0.15, -0.1) is 35.1 Å². The number of piperazine rings is 1. The first kappa shape index (κ1) is 22.7. The van der Waals surface area contributed by atoms with Crippen molar-refractivity contribution in [3.63, 3.8) is 0 Å². The highest BCUT2D eigenvalue weighted by Crippen LogP contribution is 2.26. The minimum Gasteiger partial charge on any atom is -0.491 e. The Morgan fingerprint density at radius 3 is 2.47 bits per heavy atom. The third-order valence-electron chi connectivity index (χ3n) is 4.82. The van der Waals surface area contributed by atoms with Gasteiger partial charge in [-0.2, -0.15) is 0 Å². The number of thiazole rings is 1. The standard InChI is InChI=1S/C22H25N3O2S2.ClH/c1-16(2)27-18-7-5-17(6-8-18)22(26)25-11-9-24(10-12-25)14-21-23-19(15-29-21)20-4-3-13-28-20;/h3-8,13,15-16H,9-12,14H2,1-2H3;1H. The number of amides is 1. The van der Waals surface area contributed by atoms with Gasteiger partial charge in [0.1, 0.15) is 10.8 Å². The second-order valence-corrected chi connectivity index (χ2v) is 9.25. The Morgan fingerprint density at radius 1 is 1.10 bits per heavy atom. The molecule has 1 aliphatic rings. The van der Waals surface area contributed by atoms with Gasteiger partial charge in [-0.05, 0) is 49.6 Å². The predicted octanol–water partition coefficient (Wildman–Crippen LogP) is 5.04. The number of hydrogen-bond acceptors (Lipinski definition) is 6. The quantitative estimate of drug-likeness (QED) is 0.513. The van der Waals surface area contributed by atoms with Gasteiger partial charge in [0, 0.05) is 37.1 Å². The molecular formula is C22H26ClN3O2S2. The molecule has 2 aromatic heterocycles. The van der Waals surface area contributed by atoms with E-state index in [1.54, 1.807) is 22.7 Å². The molecule has 0 bridgehead atoms. The maximum Gasteiger partial charge on any atom is 0.253 e. The normalized spacial score (nSPS) is 14.6. The molecule has 0 unspecified atom stereocenters. The molecule has 30 heavy (non-hydrogen) atoms. The summed E-state index contributed by atoms with van der Waals surface area (Å²) in [5.74, 6) is 0.890. The number of ether oxygens (including phenoxy) is 1. The van der Waals surface area contributed by atoms with Crippen molar-refractivity contribution >= 4 is 41.0 Å². The molecule has 5 nitrogen and oxygen atoms in total. The number of carbonyl (C=O) groups excluding carboxylic acids is 1. The largest absolute Gasteiger partial charge is 0.491 e. The summed E-state index contributed by atoms with van der Waals surface area (Å²) in [6.07, 6.45) is 0.129. The maximum atomic E-state index is 12.8. The van der Waals surface area contributed by atoms with Crippen LogP contribution in [0.2, 0.25) is 0 Å². The molecule has 4 rings (SSSR count). The van der Waals surface area contributed by atoms with Crippen LogP contribution in [0.3, 0.4) is 0 Å². The van der Waals surface area contributed by atoms with E-state index in [0.29, 0.717) is 0 Å². The summed E-state index contributed by atoms with van der Waals surface area (Å²) in [5.41, 5.74) is 1.79. The molecule has 1 aliphatic heterocycles. The van der Waals surface area contributed by atoms with E-state index in [1.807, 2.05) is 43.0 Å². The first-order valence-corrected chi connectivity index (χ1v) is 11.6. The monoisotopic (exact) mass is 463 g/mol. The van der Waals surface area contributed by atoms with Gasteiger partial charge in [0.05, 0.1) is 23.2 Å². The first-order valence-electron chi connectivity index (χ1n) is 9.85. The van der Waals surface area contributed by atoms with Gasteiger partial charge in [0.2, 0.25) is 0 Å². The molecular weight excluding hydrogens is 438 g/mol. The van der Waals surface area contributed by atoms with Gasteiger partial charge in [0.15, 0.2) is 0 Å². The third kappa shape index (κ3) is 5.60. The van der Waals surface area contributed by atoms with E-state index in [4.69, 9.17) is 9.72 Å². The van der Waals surface area contributed by atoms with Gasteiger partial charge in [-0.3, -0.25) is 9.69 Å². The van der Waals surface area contributed by atoms with Gasteiger partial charge < -0.3 is 9.64 Å². The predicted molar refractivity (Wildman–Crippen MR) is 126 cm³/mol. The fourth-order valence-corrected chi connectivity index (χ4v) is 4.95. The molecule has 0 atom stereocenters. The topological polar surface area (TPSA) is 45.7 Å². The van der Waals surface area contributed by atoms with E-state index in [2.05, 4.69) is 27.8 Å². The fourth-order valence-electron chi connectivity index (χ4n) is 3.35. The maximum absolute atomic E-state index is 12.8. The number of rotatable bonds is 6. The van der Waals surface area contributed by atoms with Crippen LogP contribution in [0, 0.1) is 0 Å². The Balaban J connectivity index is 0.00000256. The molecule has 1 amide bonds. The smallest absolute Gasteiger partial charge is 0.253 e. The number of nitrogens with zero attached hydrogens (tertiary/aromatic N) is 3. The molecule has 1 saturated heterocycles. The highest BCUT2D eigenvalue weighted by Gasteiger charge is 2.23. The third-order valence-corrected chi connectivity index (χ3v) is 6.54. The van der Waals surface area contributed by atoms with Gasteiger partial charge >= 0.3 is 0 Å². The van der Waals surface area contributed by atoms with E-state index >= 15 is 0 Å². The van der Waals surface area contributed by atoms with Crippen LogP contribution in [0.15, 0.2) is 47.2 Å². The Hall–Kier alpha value is -1.93. The summed E-state index contributed by atoms with van der Waals surface area (Å²) in [4.78, 5) is 23.1. The van der Waals surface area contributed by atoms with E-state index in [1.165, 1.54) is 4.88 Å². The van der Waals surface area contributed by atoms with Gasteiger partial charge in [0.25, 0.3) is 5.91 Å². The number of thiophene rings is 1. The number of carbonyl (C=O) groups is 1. The zero-order valence-electron chi connectivity index (χ0n) is 17.1. The lowest BCUT2D eigenvalue weighted by atomic mass is 10.1. The minimum atomic E-state index is 0. The van der Waals surface area contributed by atoms with Crippen molar-refractivity contribution < 1.29 is 9.53 Å². The van der Waals surface area contributed by atoms with E-state index in [9.17, 15) is 4.79 Å². The molecule has 0 N–H and O–H groups in total. The molecule has 160 valence electrons. The van der Waals surface area contributed by atoms with Crippen LogP contribution in [0.1, 0.15) is 29.2 Å². The van der Waals surface area contributed by atoms with Crippen molar-refractivity contribution in [1.29, 1.82) is 0 Å². The van der Waals surface area contributed by atoms with E-state index < -0.39 is 0 Å². The van der Waals surface area contributed by atoms with E-state index in [0.717, 1.165) is 54.7 Å². The second kappa shape index (κ2) is 10.4. The average molecular weight is 464 g/mol. The number of halogens is 1. The minimum absolute atomic E-state index is 0. The van der Waals surface area contributed by atoms with Gasteiger partial charge in [-0.25, -0.2) is 4.98 Å². The van der Waals surface area contributed by atoms with Crippen molar-refractivity contribution in [2.75, 3.05) is 26.2 Å². The van der Waals surface area contributed by atoms with Crippen LogP contribution in [0.25, 0.3) is 10.6 Å². The average Bonchev–Trinajstić information content (AvgIpc) is 3.40. The molecule has 8 heteroatoms. The second-order valence-electron chi connectivity index (χ2n) is 7.36. The SMILES string of the molecule is CC(C)Oc1ccc(C(=O)N2CCN(Cc3nc(-c4cccs4)cs3)CC2)cc1.Cl. The van der Waals surface area contributed by atoms with Crippen LogP contribution in [-0.2, 0) is 6.54 Å². The molecule has 0 spiro atoms. The Bertz CT molecular complexity index is 934. The molecule has 1 aromatic carbocycles. The zero-order valence-corrected chi connectivity index (χ0v) is 19.6. The highest BCUT2D eigenvalue weighted by molar-refractivity contribution is 7.14. The van der Waals surface area contributed by atoms with Crippen LogP contribution in [0.5, 0.6) is 5.75 Å². The number of hydrogen-bond donors (Lipinski definition) is 0. The zero-order chi connectivity index (χ0) is 20.2. The lowest BCUT2D eigenvalue weighted by Crippen LogP contribution is -2.48. The molecule has 1 fully saturated rings. The van der Waals surface area contributed by atoms with Crippen LogP contribution < -0.4 is 4.74 Å². The highest BCUT2D eigenvalue weighted by atomic mass is 35.5. The fraction of sp³-hybridized carbons (Fsp3) is 0.364. The molecule has 3 heterocycles. The molecule has 0 aliphatic carbocycles. The first-order chi connectivity index (χ1) is 14.1. The molecule has 0 radical (unpaired) electrons. The summed E-state index contributed by atoms with van der Waals surface area (Å²) in [6.45, 7) is 8.06. The Morgan fingerprint density at radius 2 is 1.83 bits per heavy atom. The van der Waals surface area contributed by atoms with Crippen LogP contribution in [-0.4, -0.2) is 53.0 Å². The van der Waals surface area contributed by atoms with Gasteiger partial charge in [-0.1, -0.05) is 6.07 Å². The van der Waals surface area contributed by atoms with Crippen molar-refractivity contribution in [3.05, 3.63) is 57.7 Å². The Labute approximate surface area is 191 Å². The number of benzene rings is 1. The van der Waals surface area contributed by atoms with Crippen molar-refractivity contribution in [2.45, 2.75) is 26.5 Å². The summed E-state index contributed by atoms with van der Waals surface area (Å²) >= 11 is 3.43. The van der Waals surface area contributed by atoms with Crippen LogP contribution >= 0.6 is 35.1 Å². The lowest BCUT2D eigenvalue weighted by Gasteiger charge is -2.34. The van der Waals surface area contributed by atoms with E-state index in [-0.39, 0.29) is 24.4 Å². The van der Waals surface area contributed by atoms with Crippen molar-refractivity contribution in [3.8, 4) is 16.3 Å². The summed E-state index contributed by atoms with van der Waals surface area (Å²) in [5, 5.41) is 5.34. The Kier molecular flexibility index (Phi) is 7.88. The van der Waals surface area contributed by atoms with Crippen LogP contribution in [0.4, 0.5) is 0 Å². The lowest BCUT2D eigenvalue weighted by molar-refractivity contribution is 0.0628. The summed E-state index contributed by atoms with van der Waals surface area (Å²) in [6, 6.07) is 11.6. The summed E-state index contributed by atoms with van der Waals surface area (Å²) in [7, 11) is 0. The summed E-state index contributed by atoms with van der Waals surface area (Å²) < 4.78 is 5.65.